The minimum absolute atomic E-state index is 0.418. The van der Waals surface area contributed by atoms with Crippen LogP contribution in [0.25, 0.3) is 0 Å². The van der Waals surface area contributed by atoms with Gasteiger partial charge < -0.3 is 9.47 Å². The van der Waals surface area contributed by atoms with E-state index in [2.05, 4.69) is 14.5 Å². The summed E-state index contributed by atoms with van der Waals surface area (Å²) >= 11 is 5.34. The smallest absolute Gasteiger partial charge is 0.481 e. The third-order valence-corrected chi connectivity index (χ3v) is 2.15. The molecule has 0 aromatic carbocycles. The number of hydrogen-bond acceptors (Lipinski definition) is 3. The summed E-state index contributed by atoms with van der Waals surface area (Å²) in [4.78, 5) is 3.31. The molecule has 0 aliphatic rings. The van der Waals surface area contributed by atoms with Crippen molar-refractivity contribution in [2.75, 3.05) is 7.11 Å². The Hall–Kier alpha value is -1.31. The van der Waals surface area contributed by atoms with Crippen molar-refractivity contribution < 1.29 is 31.4 Å². The van der Waals surface area contributed by atoms with E-state index in [1.807, 2.05) is 0 Å². The first-order valence-electron chi connectivity index (χ1n) is 4.46. The van der Waals surface area contributed by atoms with Crippen LogP contribution in [0.3, 0.4) is 0 Å². The molecule has 0 fully saturated rings. The molecule has 1 aromatic heterocycles. The molecular weight excluding hydrogens is 285 g/mol. The normalized spacial score (nSPS) is 11.8. The molecule has 0 unspecified atom stereocenters. The summed E-state index contributed by atoms with van der Waals surface area (Å²) in [5, 5.41) is 0. The van der Waals surface area contributed by atoms with Gasteiger partial charge >= 0.3 is 6.36 Å². The van der Waals surface area contributed by atoms with Gasteiger partial charge in [-0.25, -0.2) is 8.78 Å². The van der Waals surface area contributed by atoms with Crippen LogP contribution >= 0.6 is 11.6 Å². The van der Waals surface area contributed by atoms with Gasteiger partial charge in [0.2, 0.25) is 11.8 Å². The number of hydrogen-bond donors (Lipinski definition) is 0. The molecule has 0 spiro atoms. The fraction of sp³-hybridized carbons (Fsp3) is 0.444. The Morgan fingerprint density at radius 1 is 1.39 bits per heavy atom. The maximum Gasteiger partial charge on any atom is 0.574 e. The average molecular weight is 292 g/mol. The molecule has 0 aliphatic heterocycles. The van der Waals surface area contributed by atoms with Crippen LogP contribution < -0.4 is 9.47 Å². The molecule has 0 radical (unpaired) electrons. The number of pyridine rings is 1. The predicted molar refractivity (Wildman–Crippen MR) is 52.0 cm³/mol. The monoisotopic (exact) mass is 291 g/mol. The third kappa shape index (κ3) is 3.59. The molecule has 0 saturated carbocycles. The summed E-state index contributed by atoms with van der Waals surface area (Å²) in [7, 11) is 1.08. The van der Waals surface area contributed by atoms with Crippen molar-refractivity contribution >= 4 is 11.6 Å². The third-order valence-electron chi connectivity index (χ3n) is 1.89. The van der Waals surface area contributed by atoms with Gasteiger partial charge in [-0.15, -0.1) is 24.8 Å². The van der Waals surface area contributed by atoms with E-state index in [1.165, 1.54) is 0 Å². The van der Waals surface area contributed by atoms with Crippen LogP contribution in [0.15, 0.2) is 6.07 Å². The molecule has 0 saturated heterocycles. The molecule has 0 N–H and O–H groups in total. The van der Waals surface area contributed by atoms with Gasteiger partial charge in [0.1, 0.15) is 0 Å². The van der Waals surface area contributed by atoms with E-state index in [4.69, 9.17) is 11.6 Å². The zero-order chi connectivity index (χ0) is 13.9. The highest BCUT2D eigenvalue weighted by molar-refractivity contribution is 6.17. The Morgan fingerprint density at radius 2 is 2.00 bits per heavy atom. The van der Waals surface area contributed by atoms with Crippen molar-refractivity contribution in [1.29, 1.82) is 0 Å². The molecule has 0 aliphatic carbocycles. The molecule has 1 rings (SSSR count). The minimum Gasteiger partial charge on any atom is -0.481 e. The van der Waals surface area contributed by atoms with Crippen LogP contribution in [0.2, 0.25) is 0 Å². The van der Waals surface area contributed by atoms with E-state index in [1.54, 1.807) is 0 Å². The van der Waals surface area contributed by atoms with Crippen molar-refractivity contribution in [3.63, 3.8) is 0 Å². The summed E-state index contributed by atoms with van der Waals surface area (Å²) < 4.78 is 69.7. The molecule has 3 nitrogen and oxygen atoms in total. The van der Waals surface area contributed by atoms with Crippen molar-refractivity contribution in [3.05, 3.63) is 17.2 Å². The van der Waals surface area contributed by atoms with Crippen LogP contribution in [-0.4, -0.2) is 18.5 Å². The van der Waals surface area contributed by atoms with E-state index in [0.29, 0.717) is 0 Å². The SMILES string of the molecule is COc1cc(C(F)F)c(CCl)c(OC(F)(F)F)n1. The zero-order valence-corrected chi connectivity index (χ0v) is 9.65. The van der Waals surface area contributed by atoms with E-state index >= 15 is 0 Å². The lowest BCUT2D eigenvalue weighted by Crippen LogP contribution is -2.19. The summed E-state index contributed by atoms with van der Waals surface area (Å²) in [6.45, 7) is 0. The lowest BCUT2D eigenvalue weighted by molar-refractivity contribution is -0.276. The first-order chi connectivity index (χ1) is 8.28. The maximum atomic E-state index is 12.7. The number of rotatable bonds is 4. The Labute approximate surface area is 103 Å². The van der Waals surface area contributed by atoms with Gasteiger partial charge in [0.25, 0.3) is 6.43 Å². The molecule has 102 valence electrons. The molecule has 9 heteroatoms. The van der Waals surface area contributed by atoms with Crippen LogP contribution in [0.5, 0.6) is 11.8 Å². The Morgan fingerprint density at radius 3 is 2.39 bits per heavy atom. The Balaban J connectivity index is 3.33. The number of aromatic nitrogens is 1. The van der Waals surface area contributed by atoms with Gasteiger partial charge in [0.15, 0.2) is 0 Å². The molecule has 18 heavy (non-hydrogen) atoms. The molecule has 0 atom stereocenters. The van der Waals surface area contributed by atoms with E-state index in [0.717, 1.165) is 13.2 Å². The van der Waals surface area contributed by atoms with E-state index in [-0.39, 0.29) is 0 Å². The molecule has 0 bridgehead atoms. The summed E-state index contributed by atoms with van der Waals surface area (Å²) in [5.41, 5.74) is -1.24. The average Bonchev–Trinajstić information content (AvgIpc) is 2.25. The van der Waals surface area contributed by atoms with E-state index in [9.17, 15) is 22.0 Å². The number of halogens is 6. The van der Waals surface area contributed by atoms with Crippen LogP contribution in [0.1, 0.15) is 17.6 Å². The first-order valence-corrected chi connectivity index (χ1v) is 4.99. The number of methoxy groups -OCH3 is 1. The topological polar surface area (TPSA) is 31.4 Å². The fourth-order valence-electron chi connectivity index (χ4n) is 1.17. The van der Waals surface area contributed by atoms with Gasteiger partial charge in [-0.05, 0) is 0 Å². The second kappa shape index (κ2) is 5.55. The van der Waals surface area contributed by atoms with Crippen molar-refractivity contribution in [2.45, 2.75) is 18.7 Å². The highest BCUT2D eigenvalue weighted by atomic mass is 35.5. The largest absolute Gasteiger partial charge is 0.574 e. The van der Waals surface area contributed by atoms with Crippen LogP contribution in [-0.2, 0) is 5.88 Å². The van der Waals surface area contributed by atoms with Gasteiger partial charge in [-0.2, -0.15) is 4.98 Å². The fourth-order valence-corrected chi connectivity index (χ4v) is 1.44. The van der Waals surface area contributed by atoms with Crippen LogP contribution in [0.4, 0.5) is 22.0 Å². The Kier molecular flexibility index (Phi) is 4.55. The van der Waals surface area contributed by atoms with Crippen molar-refractivity contribution in [1.82, 2.24) is 4.98 Å². The molecular formula is C9H7ClF5NO2. The Bertz CT molecular complexity index is 424. The number of ether oxygens (including phenoxy) is 2. The first kappa shape index (κ1) is 14.7. The predicted octanol–water partition coefficient (Wildman–Crippen LogP) is 3.67. The van der Waals surface area contributed by atoms with Gasteiger partial charge in [-0.3, -0.25) is 0 Å². The molecule has 0 amide bonds. The molecule has 1 heterocycles. The second-order valence-corrected chi connectivity index (χ2v) is 3.29. The van der Waals surface area contributed by atoms with Crippen molar-refractivity contribution in [3.8, 4) is 11.8 Å². The van der Waals surface area contributed by atoms with Crippen LogP contribution in [0, 0.1) is 0 Å². The van der Waals surface area contributed by atoms with Gasteiger partial charge in [0.05, 0.1) is 13.0 Å². The van der Waals surface area contributed by atoms with E-state index < -0.39 is 41.6 Å². The summed E-state index contributed by atoms with van der Waals surface area (Å²) in [6, 6.07) is 0.811. The second-order valence-electron chi connectivity index (χ2n) is 3.02. The summed E-state index contributed by atoms with van der Waals surface area (Å²) in [5.74, 6) is -2.05. The van der Waals surface area contributed by atoms with Gasteiger partial charge in [0, 0.05) is 17.2 Å². The minimum atomic E-state index is -5.06. The summed E-state index contributed by atoms with van der Waals surface area (Å²) in [6.07, 6.45) is -8.08. The van der Waals surface area contributed by atoms with Crippen molar-refractivity contribution in [2.24, 2.45) is 0 Å². The highest BCUT2D eigenvalue weighted by Gasteiger charge is 2.34. The standard InChI is InChI=1S/C9H7ClF5NO2/c1-17-6-2-4(7(11)12)5(3-10)8(16-6)18-9(13,14)15/h2,7H,3H2,1H3. The van der Waals surface area contributed by atoms with Gasteiger partial charge in [-0.1, -0.05) is 0 Å². The number of nitrogens with zero attached hydrogens (tertiary/aromatic N) is 1. The molecule has 1 aromatic rings. The lowest BCUT2D eigenvalue weighted by Gasteiger charge is -2.15. The quantitative estimate of drug-likeness (QED) is 0.626. The number of alkyl halides is 6. The highest BCUT2D eigenvalue weighted by Crippen LogP contribution is 2.35. The zero-order valence-electron chi connectivity index (χ0n) is 8.89. The lowest BCUT2D eigenvalue weighted by atomic mass is 10.1. The maximum absolute atomic E-state index is 12.7.